The summed E-state index contributed by atoms with van der Waals surface area (Å²) in [6.45, 7) is 3.78. The van der Waals surface area contributed by atoms with E-state index < -0.39 is 0 Å². The van der Waals surface area contributed by atoms with E-state index in [0.717, 1.165) is 11.4 Å². The zero-order valence-corrected chi connectivity index (χ0v) is 8.95. The van der Waals surface area contributed by atoms with Crippen molar-refractivity contribution in [3.63, 3.8) is 0 Å². The Hall–Kier alpha value is -0.610. The number of hydrogen-bond acceptors (Lipinski definition) is 4. The zero-order valence-electron chi connectivity index (χ0n) is 7.37. The molecule has 70 valence electrons. The molecule has 0 radical (unpaired) electrons. The van der Waals surface area contributed by atoms with Gasteiger partial charge < -0.3 is 0 Å². The second-order valence-corrected chi connectivity index (χ2v) is 3.94. The van der Waals surface area contributed by atoms with Crippen molar-refractivity contribution in [1.82, 2.24) is 9.97 Å². The van der Waals surface area contributed by atoms with Crippen molar-refractivity contribution in [1.29, 1.82) is 0 Å². The van der Waals surface area contributed by atoms with Gasteiger partial charge in [-0.3, -0.25) is 4.79 Å². The lowest BCUT2D eigenvalue weighted by Gasteiger charge is -2.00. The van der Waals surface area contributed by atoms with E-state index in [0.29, 0.717) is 5.16 Å². The van der Waals surface area contributed by atoms with Crippen molar-refractivity contribution in [3.05, 3.63) is 17.5 Å². The Morgan fingerprint density at radius 1 is 1.46 bits per heavy atom. The van der Waals surface area contributed by atoms with Gasteiger partial charge in [-0.15, -0.1) is 0 Å². The van der Waals surface area contributed by atoms with Crippen molar-refractivity contribution in [3.8, 4) is 0 Å². The number of carbonyl (C=O) groups excluding carboxylic acids is 1. The maximum absolute atomic E-state index is 10.5. The molecule has 0 aromatic carbocycles. The first-order valence-corrected chi connectivity index (χ1v) is 5.07. The fourth-order valence-corrected chi connectivity index (χ4v) is 1.70. The number of halogens is 1. The third-order valence-corrected chi connectivity index (χ3v) is 2.42. The van der Waals surface area contributed by atoms with Crippen LogP contribution in [0.5, 0.6) is 0 Å². The molecule has 0 saturated heterocycles. The van der Waals surface area contributed by atoms with Crippen LogP contribution in [0.1, 0.15) is 11.4 Å². The van der Waals surface area contributed by atoms with Gasteiger partial charge in [-0.25, -0.2) is 9.97 Å². The van der Waals surface area contributed by atoms with E-state index in [-0.39, 0.29) is 11.0 Å². The predicted molar refractivity (Wildman–Crippen MR) is 53.1 cm³/mol. The Morgan fingerprint density at radius 2 is 2.00 bits per heavy atom. The fraction of sp³-hybridized carbons (Fsp3) is 0.375. The van der Waals surface area contributed by atoms with E-state index >= 15 is 0 Å². The quantitative estimate of drug-likeness (QED) is 0.440. The van der Waals surface area contributed by atoms with Gasteiger partial charge in [0.15, 0.2) is 5.16 Å². The number of aryl methyl sites for hydroxylation is 2. The van der Waals surface area contributed by atoms with E-state index in [4.69, 9.17) is 11.6 Å². The molecular formula is C8H9ClN2OS. The van der Waals surface area contributed by atoms with E-state index in [1.807, 2.05) is 19.9 Å². The van der Waals surface area contributed by atoms with Crippen molar-refractivity contribution in [2.75, 3.05) is 5.75 Å². The van der Waals surface area contributed by atoms with Gasteiger partial charge >= 0.3 is 0 Å². The average molecular weight is 217 g/mol. The van der Waals surface area contributed by atoms with Gasteiger partial charge in [-0.05, 0) is 31.5 Å². The zero-order chi connectivity index (χ0) is 9.84. The Labute approximate surface area is 85.9 Å². The molecule has 1 aromatic rings. The Bertz CT molecular complexity index is 310. The SMILES string of the molecule is Cc1cc(C)nc(SCC(=O)Cl)n1. The molecule has 3 nitrogen and oxygen atoms in total. The summed E-state index contributed by atoms with van der Waals surface area (Å²) in [4.78, 5) is 18.8. The number of rotatable bonds is 3. The largest absolute Gasteiger partial charge is 0.280 e. The van der Waals surface area contributed by atoms with Crippen LogP contribution in [0.25, 0.3) is 0 Å². The van der Waals surface area contributed by atoms with Gasteiger partial charge in [-0.2, -0.15) is 0 Å². The fourth-order valence-electron chi connectivity index (χ4n) is 0.879. The molecule has 0 aliphatic carbocycles. The van der Waals surface area contributed by atoms with Crippen LogP contribution in [0, 0.1) is 13.8 Å². The Kier molecular flexibility index (Phi) is 3.69. The van der Waals surface area contributed by atoms with E-state index in [2.05, 4.69) is 9.97 Å². The Morgan fingerprint density at radius 3 is 2.46 bits per heavy atom. The van der Waals surface area contributed by atoms with Crippen LogP contribution in [-0.2, 0) is 4.79 Å². The first kappa shape index (κ1) is 10.5. The van der Waals surface area contributed by atoms with Crippen molar-refractivity contribution < 1.29 is 4.79 Å². The molecule has 0 aliphatic heterocycles. The lowest BCUT2D eigenvalue weighted by molar-refractivity contribution is -0.109. The lowest BCUT2D eigenvalue weighted by Crippen LogP contribution is -1.96. The number of thioether (sulfide) groups is 1. The molecule has 13 heavy (non-hydrogen) atoms. The molecule has 0 atom stereocenters. The predicted octanol–water partition coefficient (Wildman–Crippen LogP) is 1.95. The highest BCUT2D eigenvalue weighted by molar-refractivity contribution is 8.00. The normalized spacial score (nSPS) is 10.1. The summed E-state index contributed by atoms with van der Waals surface area (Å²) in [5, 5.41) is 0.222. The van der Waals surface area contributed by atoms with Crippen LogP contribution >= 0.6 is 23.4 Å². The average Bonchev–Trinajstić information content (AvgIpc) is 1.99. The summed E-state index contributed by atoms with van der Waals surface area (Å²) in [5.74, 6) is 0.213. The van der Waals surface area contributed by atoms with Gasteiger partial charge in [0.2, 0.25) is 5.24 Å². The summed E-state index contributed by atoms with van der Waals surface area (Å²) in [7, 11) is 0. The van der Waals surface area contributed by atoms with Gasteiger partial charge in [0.1, 0.15) is 0 Å². The summed E-state index contributed by atoms with van der Waals surface area (Å²) < 4.78 is 0. The highest BCUT2D eigenvalue weighted by Gasteiger charge is 2.02. The summed E-state index contributed by atoms with van der Waals surface area (Å²) in [6.07, 6.45) is 0. The highest BCUT2D eigenvalue weighted by Crippen LogP contribution is 2.14. The molecule has 1 heterocycles. The molecule has 0 bridgehead atoms. The van der Waals surface area contributed by atoms with Gasteiger partial charge in [0, 0.05) is 11.4 Å². The molecule has 0 fully saturated rings. The molecular weight excluding hydrogens is 208 g/mol. The molecule has 0 spiro atoms. The van der Waals surface area contributed by atoms with Crippen LogP contribution in [-0.4, -0.2) is 21.0 Å². The monoisotopic (exact) mass is 216 g/mol. The van der Waals surface area contributed by atoms with Crippen molar-refractivity contribution in [2.45, 2.75) is 19.0 Å². The van der Waals surface area contributed by atoms with Gasteiger partial charge in [-0.1, -0.05) is 11.8 Å². The molecule has 1 aromatic heterocycles. The molecule has 0 N–H and O–H groups in total. The number of nitrogens with zero attached hydrogens (tertiary/aromatic N) is 2. The van der Waals surface area contributed by atoms with Crippen LogP contribution in [0.4, 0.5) is 0 Å². The van der Waals surface area contributed by atoms with Crippen LogP contribution in [0.15, 0.2) is 11.2 Å². The molecule has 5 heteroatoms. The molecule has 0 unspecified atom stereocenters. The third-order valence-electron chi connectivity index (χ3n) is 1.28. The Balaban J connectivity index is 2.71. The minimum absolute atomic E-state index is 0.213. The standard InChI is InChI=1S/C8H9ClN2OS/c1-5-3-6(2)11-8(10-5)13-4-7(9)12/h3H,4H2,1-2H3. The van der Waals surface area contributed by atoms with E-state index in [1.54, 1.807) is 0 Å². The molecule has 0 amide bonds. The summed E-state index contributed by atoms with van der Waals surface area (Å²) >= 11 is 6.45. The molecule has 0 saturated carbocycles. The molecule has 1 rings (SSSR count). The minimum Gasteiger partial charge on any atom is -0.280 e. The first-order valence-electron chi connectivity index (χ1n) is 3.71. The topological polar surface area (TPSA) is 42.9 Å². The second kappa shape index (κ2) is 4.58. The first-order chi connectivity index (χ1) is 6.08. The summed E-state index contributed by atoms with van der Waals surface area (Å²) in [6, 6.07) is 1.88. The summed E-state index contributed by atoms with van der Waals surface area (Å²) in [5.41, 5.74) is 1.80. The maximum atomic E-state index is 10.5. The highest BCUT2D eigenvalue weighted by atomic mass is 35.5. The van der Waals surface area contributed by atoms with E-state index in [1.165, 1.54) is 11.8 Å². The van der Waals surface area contributed by atoms with Crippen LogP contribution in [0.3, 0.4) is 0 Å². The van der Waals surface area contributed by atoms with Crippen molar-refractivity contribution in [2.24, 2.45) is 0 Å². The number of aromatic nitrogens is 2. The third kappa shape index (κ3) is 3.74. The van der Waals surface area contributed by atoms with Crippen LogP contribution < -0.4 is 0 Å². The van der Waals surface area contributed by atoms with Crippen LogP contribution in [0.2, 0.25) is 0 Å². The van der Waals surface area contributed by atoms with E-state index in [9.17, 15) is 4.79 Å². The second-order valence-electron chi connectivity index (χ2n) is 2.58. The maximum Gasteiger partial charge on any atom is 0.232 e. The lowest BCUT2D eigenvalue weighted by atomic mass is 10.4. The molecule has 0 aliphatic rings. The van der Waals surface area contributed by atoms with Gasteiger partial charge in [0.25, 0.3) is 0 Å². The van der Waals surface area contributed by atoms with Gasteiger partial charge in [0.05, 0.1) is 5.75 Å². The number of hydrogen-bond donors (Lipinski definition) is 0. The minimum atomic E-state index is -0.382. The van der Waals surface area contributed by atoms with Crippen molar-refractivity contribution >= 4 is 28.6 Å². The number of carbonyl (C=O) groups is 1. The smallest absolute Gasteiger partial charge is 0.232 e.